The lowest BCUT2D eigenvalue weighted by Crippen LogP contribution is -2.61. The van der Waals surface area contributed by atoms with Crippen molar-refractivity contribution in [3.63, 3.8) is 0 Å². The molecule has 2 saturated heterocycles. The topological polar surface area (TPSA) is 132 Å². The summed E-state index contributed by atoms with van der Waals surface area (Å²) < 4.78 is 1.88. The second-order valence-corrected chi connectivity index (χ2v) is 12.5. The molecule has 2 fully saturated rings. The molecule has 4 rings (SSSR count). The first-order valence-corrected chi connectivity index (χ1v) is 14.1. The number of likely N-dealkylation sites (tertiary alicyclic amines) is 2. The van der Waals surface area contributed by atoms with E-state index in [1.807, 2.05) is 31.4 Å². The first-order chi connectivity index (χ1) is 18.7. The minimum Gasteiger partial charge on any atom is -0.398 e. The van der Waals surface area contributed by atoms with Crippen LogP contribution in [0.1, 0.15) is 68.1 Å². The van der Waals surface area contributed by atoms with Gasteiger partial charge in [0.1, 0.15) is 17.4 Å². The van der Waals surface area contributed by atoms with Crippen molar-refractivity contribution in [2.45, 2.75) is 64.7 Å². The number of aromatic nitrogens is 2. The Morgan fingerprint density at radius 1 is 1.23 bits per heavy atom. The third-order valence-corrected chi connectivity index (χ3v) is 8.06. The maximum absolute atomic E-state index is 13.4. The molecule has 10 nitrogen and oxygen atoms in total. The number of rotatable bonds is 8. The fourth-order valence-electron chi connectivity index (χ4n) is 5.02. The quantitative estimate of drug-likeness (QED) is 0.161. The van der Waals surface area contributed by atoms with E-state index in [0.29, 0.717) is 41.2 Å². The number of amidine groups is 1. The number of amides is 2. The van der Waals surface area contributed by atoms with Crippen molar-refractivity contribution < 1.29 is 9.59 Å². The van der Waals surface area contributed by atoms with Crippen LogP contribution in [0.2, 0.25) is 10.2 Å². The number of imidazole rings is 1. The van der Waals surface area contributed by atoms with Crippen LogP contribution in [0.3, 0.4) is 0 Å². The zero-order valence-corrected chi connectivity index (χ0v) is 25.2. The second-order valence-electron chi connectivity index (χ2n) is 11.8. The summed E-state index contributed by atoms with van der Waals surface area (Å²) in [5.74, 6) is 0.169. The maximum Gasteiger partial charge on any atom is 0.271 e. The fourth-order valence-corrected chi connectivity index (χ4v) is 5.75. The van der Waals surface area contributed by atoms with E-state index in [4.69, 9.17) is 34.3 Å². The van der Waals surface area contributed by atoms with Gasteiger partial charge in [0.15, 0.2) is 5.15 Å². The fraction of sp³-hybridized carbons (Fsp3) is 0.500. The highest BCUT2D eigenvalue weighted by Gasteiger charge is 2.37. The molecule has 0 spiro atoms. The van der Waals surface area contributed by atoms with Gasteiger partial charge in [-0.25, -0.2) is 4.98 Å². The molecule has 216 valence electrons. The van der Waals surface area contributed by atoms with Gasteiger partial charge in [-0.15, -0.1) is 0 Å². The summed E-state index contributed by atoms with van der Waals surface area (Å²) in [6.45, 7) is 16.4. The average molecular weight is 590 g/mol. The molecule has 2 amide bonds. The minimum absolute atomic E-state index is 0.00228. The number of benzene rings is 1. The van der Waals surface area contributed by atoms with Crippen molar-refractivity contribution in [2.24, 2.45) is 0 Å². The number of nitrogen functional groups attached to an aromatic ring is 1. The van der Waals surface area contributed by atoms with Gasteiger partial charge >= 0.3 is 0 Å². The third kappa shape index (κ3) is 5.99. The molecule has 0 radical (unpaired) electrons. The number of anilines is 1. The normalized spacial score (nSPS) is 16.4. The molecule has 2 aliphatic heterocycles. The molecule has 0 atom stereocenters. The zero-order valence-electron chi connectivity index (χ0n) is 23.6. The molecule has 0 unspecified atom stereocenters. The molecule has 0 aliphatic carbocycles. The van der Waals surface area contributed by atoms with Crippen LogP contribution in [0, 0.1) is 5.41 Å². The Labute approximate surface area is 245 Å². The van der Waals surface area contributed by atoms with Gasteiger partial charge in [-0.05, 0) is 43.0 Å². The molecule has 2 aromatic rings. The van der Waals surface area contributed by atoms with Gasteiger partial charge in [-0.2, -0.15) is 0 Å². The lowest BCUT2D eigenvalue weighted by Gasteiger charge is -2.44. The average Bonchev–Trinajstić information content (AvgIpc) is 3.12. The van der Waals surface area contributed by atoms with Crippen molar-refractivity contribution in [3.05, 3.63) is 57.6 Å². The standard InChI is InChI=1S/C28H38Cl2N8O2/c1-7-23(39)37-11-16(12-37)34-27(40)24-25(30)35-22(38(24)17-13-36(14-17)15(2)3)10-33-26(32)18-8-19(28(4,5)6)20(29)9-21(18)31/h7-9,15-17H,1,10-14,31H2,2-6H3,(H2,32,33)(H,34,40). The number of hydrogen-bond donors (Lipinski definition) is 4. The Bertz CT molecular complexity index is 1330. The van der Waals surface area contributed by atoms with Crippen molar-refractivity contribution in [1.82, 2.24) is 30.0 Å². The predicted octanol–water partition coefficient (Wildman–Crippen LogP) is 3.58. The number of nitrogens with zero attached hydrogens (tertiary/aromatic N) is 4. The van der Waals surface area contributed by atoms with Crippen LogP contribution in [-0.4, -0.2) is 75.3 Å². The molecular weight excluding hydrogens is 551 g/mol. The molecule has 1 aromatic carbocycles. The third-order valence-electron chi connectivity index (χ3n) is 7.49. The van der Waals surface area contributed by atoms with E-state index in [1.54, 1.807) is 11.0 Å². The largest absolute Gasteiger partial charge is 0.398 e. The van der Waals surface area contributed by atoms with E-state index in [-0.39, 0.29) is 52.5 Å². The van der Waals surface area contributed by atoms with E-state index < -0.39 is 0 Å². The molecule has 3 heterocycles. The summed E-state index contributed by atoms with van der Waals surface area (Å²) in [6.07, 6.45) is 1.26. The lowest BCUT2D eigenvalue weighted by molar-refractivity contribution is -0.130. The summed E-state index contributed by atoms with van der Waals surface area (Å²) in [5, 5.41) is 15.5. The van der Waals surface area contributed by atoms with E-state index in [9.17, 15) is 9.59 Å². The summed E-state index contributed by atoms with van der Waals surface area (Å²) in [4.78, 5) is 33.6. The number of hydrogen-bond acceptors (Lipinski definition) is 6. The Kier molecular flexibility index (Phi) is 8.54. The van der Waals surface area contributed by atoms with E-state index >= 15 is 0 Å². The second kappa shape index (κ2) is 11.4. The highest BCUT2D eigenvalue weighted by atomic mass is 35.5. The smallest absolute Gasteiger partial charge is 0.271 e. The minimum atomic E-state index is -0.339. The summed E-state index contributed by atoms with van der Waals surface area (Å²) >= 11 is 13.0. The summed E-state index contributed by atoms with van der Waals surface area (Å²) in [5.41, 5.74) is 8.11. The van der Waals surface area contributed by atoms with Crippen molar-refractivity contribution in [1.29, 1.82) is 5.41 Å². The monoisotopic (exact) mass is 588 g/mol. The highest BCUT2D eigenvalue weighted by Crippen LogP contribution is 2.33. The van der Waals surface area contributed by atoms with Crippen molar-refractivity contribution >= 4 is 46.5 Å². The molecule has 12 heteroatoms. The summed E-state index contributed by atoms with van der Waals surface area (Å²) in [7, 11) is 0. The molecular formula is C28H38Cl2N8O2. The lowest BCUT2D eigenvalue weighted by atomic mass is 9.85. The highest BCUT2D eigenvalue weighted by molar-refractivity contribution is 6.32. The van der Waals surface area contributed by atoms with Gasteiger partial charge < -0.3 is 25.8 Å². The number of halogens is 2. The predicted molar refractivity (Wildman–Crippen MR) is 159 cm³/mol. The van der Waals surface area contributed by atoms with Crippen LogP contribution < -0.4 is 16.4 Å². The van der Waals surface area contributed by atoms with Crippen molar-refractivity contribution in [2.75, 3.05) is 31.9 Å². The van der Waals surface area contributed by atoms with Crippen molar-refractivity contribution in [3.8, 4) is 0 Å². The van der Waals surface area contributed by atoms with E-state index in [0.717, 1.165) is 18.7 Å². The zero-order chi connectivity index (χ0) is 29.5. The first-order valence-electron chi connectivity index (χ1n) is 13.4. The molecule has 0 saturated carbocycles. The molecule has 2 aliphatic rings. The molecule has 0 bridgehead atoms. The summed E-state index contributed by atoms with van der Waals surface area (Å²) in [6, 6.07) is 3.71. The van der Waals surface area contributed by atoms with E-state index in [1.165, 1.54) is 6.08 Å². The number of nitrogens with two attached hydrogens (primary N) is 1. The van der Waals surface area contributed by atoms with Crippen LogP contribution >= 0.6 is 23.2 Å². The number of nitrogens with one attached hydrogen (secondary N) is 3. The van der Waals surface area contributed by atoms with Crippen LogP contribution in [0.15, 0.2) is 24.8 Å². The molecule has 40 heavy (non-hydrogen) atoms. The van der Waals surface area contributed by atoms with Gasteiger partial charge in [0.2, 0.25) is 5.91 Å². The Morgan fingerprint density at radius 2 is 1.88 bits per heavy atom. The van der Waals surface area contributed by atoms with Crippen LogP contribution in [0.25, 0.3) is 0 Å². The van der Waals surface area contributed by atoms with Gasteiger partial charge in [-0.1, -0.05) is 50.6 Å². The van der Waals surface area contributed by atoms with Gasteiger partial charge in [-0.3, -0.25) is 19.9 Å². The van der Waals surface area contributed by atoms with Gasteiger partial charge in [0, 0.05) is 48.5 Å². The van der Waals surface area contributed by atoms with Crippen LogP contribution in [0.4, 0.5) is 5.69 Å². The maximum atomic E-state index is 13.4. The molecule has 1 aromatic heterocycles. The number of carbonyl (C=O) groups excluding carboxylic acids is 2. The Balaban J connectivity index is 1.55. The van der Waals surface area contributed by atoms with Crippen LogP contribution in [-0.2, 0) is 16.8 Å². The Hall–Kier alpha value is -3.08. The first kappa shape index (κ1) is 29.9. The van der Waals surface area contributed by atoms with E-state index in [2.05, 4.69) is 40.9 Å². The SMILES string of the molecule is C=CC(=O)N1CC(NC(=O)c2c(Cl)nc(CNC(=N)c3cc(C(C)(C)C)c(Cl)cc3N)n2C2CN(C(C)C)C2)C1. The van der Waals surface area contributed by atoms with Crippen LogP contribution in [0.5, 0.6) is 0 Å². The van der Waals surface area contributed by atoms with Gasteiger partial charge in [0.05, 0.1) is 18.6 Å². The van der Waals surface area contributed by atoms with Gasteiger partial charge in [0.25, 0.3) is 5.91 Å². The molecule has 5 N–H and O–H groups in total. The number of carbonyl (C=O) groups is 2. The Morgan fingerprint density at radius 3 is 2.45 bits per heavy atom.